The van der Waals surface area contributed by atoms with Crippen LogP contribution in [-0.2, 0) is 11.3 Å². The molecule has 24 heavy (non-hydrogen) atoms. The molecule has 1 aromatic carbocycles. The maximum Gasteiger partial charge on any atom is 0.222 e. The molecule has 1 aromatic rings. The van der Waals surface area contributed by atoms with Crippen LogP contribution in [0.25, 0.3) is 0 Å². The molecule has 1 atom stereocenters. The summed E-state index contributed by atoms with van der Waals surface area (Å²) in [7, 11) is 1.65. The Bertz CT molecular complexity index is 667. The Morgan fingerprint density at radius 2 is 2.33 bits per heavy atom. The molecule has 1 heterocycles. The van der Waals surface area contributed by atoms with Crippen LogP contribution in [0.5, 0.6) is 0 Å². The van der Waals surface area contributed by atoms with Crippen LogP contribution >= 0.6 is 0 Å². The van der Waals surface area contributed by atoms with Gasteiger partial charge in [-0.2, -0.15) is 5.26 Å². The highest BCUT2D eigenvalue weighted by atomic mass is 19.1. The van der Waals surface area contributed by atoms with Crippen molar-refractivity contribution in [2.45, 2.75) is 32.4 Å². The number of hydrogen-bond donors (Lipinski definition) is 2. The van der Waals surface area contributed by atoms with E-state index in [1.165, 1.54) is 6.07 Å². The number of carbonyl (C=O) groups is 1. The molecular formula is C17H22FN5O. The number of halogens is 1. The number of benzene rings is 1. The maximum atomic E-state index is 13.9. The van der Waals surface area contributed by atoms with Crippen LogP contribution in [0.15, 0.2) is 23.2 Å². The molecule has 2 N–H and O–H groups in total. The first-order valence-corrected chi connectivity index (χ1v) is 8.00. The number of carbonyl (C=O) groups excluding carboxylic acids is 1. The van der Waals surface area contributed by atoms with Gasteiger partial charge in [0.15, 0.2) is 5.96 Å². The number of likely N-dealkylation sites (tertiary alicyclic amines) is 1. The third-order valence-electron chi connectivity index (χ3n) is 4.04. The first kappa shape index (κ1) is 17.7. The van der Waals surface area contributed by atoms with E-state index in [1.807, 2.05) is 17.9 Å². The summed E-state index contributed by atoms with van der Waals surface area (Å²) < 4.78 is 13.9. The highest BCUT2D eigenvalue weighted by Crippen LogP contribution is 2.11. The fraction of sp³-hybridized carbons (Fsp3) is 0.471. The molecule has 0 saturated carbocycles. The molecule has 128 valence electrons. The molecule has 1 aliphatic rings. The summed E-state index contributed by atoms with van der Waals surface area (Å²) in [5, 5.41) is 15.1. The molecule has 7 heteroatoms. The topological polar surface area (TPSA) is 80.5 Å². The molecule has 1 amide bonds. The number of nitrogens with one attached hydrogen (secondary N) is 2. The predicted octanol–water partition coefficient (Wildman–Crippen LogP) is 1.37. The Labute approximate surface area is 141 Å². The van der Waals surface area contributed by atoms with E-state index in [4.69, 9.17) is 5.26 Å². The van der Waals surface area contributed by atoms with Gasteiger partial charge in [0.25, 0.3) is 0 Å². The van der Waals surface area contributed by atoms with Gasteiger partial charge in [-0.05, 0) is 18.6 Å². The van der Waals surface area contributed by atoms with Crippen LogP contribution in [0, 0.1) is 17.1 Å². The van der Waals surface area contributed by atoms with E-state index in [0.29, 0.717) is 30.1 Å². The Morgan fingerprint density at radius 3 is 2.96 bits per heavy atom. The summed E-state index contributed by atoms with van der Waals surface area (Å²) in [6, 6.07) is 6.44. The Balaban J connectivity index is 1.88. The summed E-state index contributed by atoms with van der Waals surface area (Å²) in [5.41, 5.74) is 0.761. The predicted molar refractivity (Wildman–Crippen MR) is 89.7 cm³/mol. The van der Waals surface area contributed by atoms with Crippen molar-refractivity contribution in [2.24, 2.45) is 4.99 Å². The summed E-state index contributed by atoms with van der Waals surface area (Å²) in [6.45, 7) is 3.52. The fourth-order valence-electron chi connectivity index (χ4n) is 2.66. The van der Waals surface area contributed by atoms with Gasteiger partial charge >= 0.3 is 0 Å². The van der Waals surface area contributed by atoms with E-state index >= 15 is 0 Å². The van der Waals surface area contributed by atoms with Crippen LogP contribution in [0.4, 0.5) is 4.39 Å². The molecular weight excluding hydrogens is 309 g/mol. The van der Waals surface area contributed by atoms with Crippen molar-refractivity contribution >= 4 is 11.9 Å². The standard InChI is InChI=1S/C17H22FN5O/c1-3-16(24)23-7-6-14(11-23)22-17(20-2)21-10-13-5-4-12(9-19)8-15(13)18/h4-5,8,14H,3,6-7,10-11H2,1-2H3,(H2,20,21,22). The second-order valence-electron chi connectivity index (χ2n) is 5.67. The van der Waals surface area contributed by atoms with Crippen LogP contribution in [0.2, 0.25) is 0 Å². The van der Waals surface area contributed by atoms with E-state index in [0.717, 1.165) is 13.0 Å². The summed E-state index contributed by atoms with van der Waals surface area (Å²) in [5.74, 6) is 0.300. The van der Waals surface area contributed by atoms with Crippen molar-refractivity contribution in [1.82, 2.24) is 15.5 Å². The Hall–Kier alpha value is -2.62. The summed E-state index contributed by atoms with van der Waals surface area (Å²) in [4.78, 5) is 17.7. The van der Waals surface area contributed by atoms with Gasteiger partial charge in [0.1, 0.15) is 5.82 Å². The van der Waals surface area contributed by atoms with Gasteiger partial charge in [-0.25, -0.2) is 4.39 Å². The van der Waals surface area contributed by atoms with Gasteiger partial charge < -0.3 is 15.5 Å². The zero-order valence-corrected chi connectivity index (χ0v) is 14.0. The van der Waals surface area contributed by atoms with Crippen LogP contribution < -0.4 is 10.6 Å². The van der Waals surface area contributed by atoms with Crippen molar-refractivity contribution in [1.29, 1.82) is 5.26 Å². The number of aliphatic imine (C=N–C) groups is 1. The highest BCUT2D eigenvalue weighted by molar-refractivity contribution is 5.80. The van der Waals surface area contributed by atoms with Gasteiger partial charge in [-0.1, -0.05) is 13.0 Å². The number of hydrogen-bond acceptors (Lipinski definition) is 3. The van der Waals surface area contributed by atoms with Gasteiger partial charge in [-0.3, -0.25) is 9.79 Å². The zero-order chi connectivity index (χ0) is 17.5. The fourth-order valence-corrected chi connectivity index (χ4v) is 2.66. The summed E-state index contributed by atoms with van der Waals surface area (Å²) >= 11 is 0. The molecule has 0 bridgehead atoms. The molecule has 0 aliphatic carbocycles. The lowest BCUT2D eigenvalue weighted by molar-refractivity contribution is -0.129. The second-order valence-corrected chi connectivity index (χ2v) is 5.67. The lowest BCUT2D eigenvalue weighted by Crippen LogP contribution is -2.44. The van der Waals surface area contributed by atoms with Crippen molar-refractivity contribution < 1.29 is 9.18 Å². The monoisotopic (exact) mass is 331 g/mol. The average molecular weight is 331 g/mol. The number of nitrogens with zero attached hydrogens (tertiary/aromatic N) is 3. The molecule has 2 rings (SSSR count). The quantitative estimate of drug-likeness (QED) is 0.645. The molecule has 1 saturated heterocycles. The Morgan fingerprint density at radius 1 is 1.54 bits per heavy atom. The zero-order valence-electron chi connectivity index (χ0n) is 14.0. The van der Waals surface area contributed by atoms with Gasteiger partial charge in [0.2, 0.25) is 5.91 Å². The molecule has 0 aromatic heterocycles. The van der Waals surface area contributed by atoms with Crippen molar-refractivity contribution in [3.63, 3.8) is 0 Å². The van der Waals surface area contributed by atoms with Crippen LogP contribution in [0.3, 0.4) is 0 Å². The van der Waals surface area contributed by atoms with Gasteiger partial charge in [-0.15, -0.1) is 0 Å². The van der Waals surface area contributed by atoms with Crippen LogP contribution in [-0.4, -0.2) is 42.9 Å². The Kier molecular flexibility index (Phi) is 6.13. The number of nitriles is 1. The van der Waals surface area contributed by atoms with Gasteiger partial charge in [0.05, 0.1) is 11.6 Å². The van der Waals surface area contributed by atoms with E-state index in [1.54, 1.807) is 19.2 Å². The average Bonchev–Trinajstić information content (AvgIpc) is 3.07. The highest BCUT2D eigenvalue weighted by Gasteiger charge is 2.25. The molecule has 1 unspecified atom stereocenters. The maximum absolute atomic E-state index is 13.9. The van der Waals surface area contributed by atoms with E-state index in [9.17, 15) is 9.18 Å². The molecule has 0 spiro atoms. The first-order chi connectivity index (χ1) is 11.6. The van der Waals surface area contributed by atoms with E-state index < -0.39 is 5.82 Å². The number of guanidine groups is 1. The van der Waals surface area contributed by atoms with E-state index in [-0.39, 0.29) is 18.5 Å². The van der Waals surface area contributed by atoms with Crippen molar-refractivity contribution in [2.75, 3.05) is 20.1 Å². The normalized spacial score (nSPS) is 17.5. The SMILES string of the molecule is CCC(=O)N1CCC(NC(=NC)NCc2ccc(C#N)cc2F)C1. The molecule has 1 fully saturated rings. The van der Waals surface area contributed by atoms with Crippen molar-refractivity contribution in [3.05, 3.63) is 35.1 Å². The second kappa shape index (κ2) is 8.29. The minimum atomic E-state index is -0.419. The van der Waals surface area contributed by atoms with Gasteiger partial charge in [0, 0.05) is 44.7 Å². The summed E-state index contributed by atoms with van der Waals surface area (Å²) in [6.07, 6.45) is 1.37. The first-order valence-electron chi connectivity index (χ1n) is 8.00. The van der Waals surface area contributed by atoms with Crippen molar-refractivity contribution in [3.8, 4) is 6.07 Å². The molecule has 6 nitrogen and oxygen atoms in total. The van der Waals surface area contributed by atoms with Crippen LogP contribution in [0.1, 0.15) is 30.9 Å². The molecule has 1 aliphatic heterocycles. The number of rotatable bonds is 4. The minimum absolute atomic E-state index is 0.137. The third kappa shape index (κ3) is 4.44. The third-order valence-corrected chi connectivity index (χ3v) is 4.04. The molecule has 0 radical (unpaired) electrons. The largest absolute Gasteiger partial charge is 0.352 e. The van der Waals surface area contributed by atoms with E-state index in [2.05, 4.69) is 15.6 Å². The lowest BCUT2D eigenvalue weighted by atomic mass is 10.1. The smallest absolute Gasteiger partial charge is 0.222 e. The number of amides is 1. The minimum Gasteiger partial charge on any atom is -0.352 e. The lowest BCUT2D eigenvalue weighted by Gasteiger charge is -2.19.